The highest BCUT2D eigenvalue weighted by Crippen LogP contribution is 2.39. The third-order valence-electron chi connectivity index (χ3n) is 4.00. The average Bonchev–Trinajstić information content (AvgIpc) is 2.96. The minimum absolute atomic E-state index is 0.0126. The van der Waals surface area contributed by atoms with E-state index in [1.54, 1.807) is 0 Å². The number of benzene rings is 1. The molecule has 0 radical (unpaired) electrons. The molecule has 3 rings (SSSR count). The van der Waals surface area contributed by atoms with Crippen LogP contribution in [0.5, 0.6) is 0 Å². The first-order valence-electron chi connectivity index (χ1n) is 7.22. The first kappa shape index (κ1) is 18.2. The maximum absolute atomic E-state index is 13.1. The van der Waals surface area contributed by atoms with Gasteiger partial charge in [0.05, 0.1) is 29.2 Å². The molecule has 2 heterocycles. The molecular formula is C16H11F6N3O. The highest BCUT2D eigenvalue weighted by molar-refractivity contribution is 5.84. The van der Waals surface area contributed by atoms with Crippen molar-refractivity contribution < 1.29 is 31.4 Å². The third-order valence-corrected chi connectivity index (χ3v) is 4.00. The van der Waals surface area contributed by atoms with Gasteiger partial charge < -0.3 is 5.11 Å². The fraction of sp³-hybridized carbons (Fsp3) is 0.250. The Morgan fingerprint density at radius 3 is 2.31 bits per heavy atom. The van der Waals surface area contributed by atoms with Crippen LogP contribution >= 0.6 is 0 Å². The Labute approximate surface area is 142 Å². The average molecular weight is 375 g/mol. The Morgan fingerprint density at radius 1 is 1.00 bits per heavy atom. The lowest BCUT2D eigenvalue weighted by Crippen LogP contribution is -2.39. The van der Waals surface area contributed by atoms with E-state index in [0.29, 0.717) is 6.92 Å². The summed E-state index contributed by atoms with van der Waals surface area (Å²) in [6.45, 7) is 0.566. The van der Waals surface area contributed by atoms with Gasteiger partial charge in [0.2, 0.25) is 0 Å². The monoisotopic (exact) mass is 375 g/mol. The van der Waals surface area contributed by atoms with Gasteiger partial charge in [-0.3, -0.25) is 4.98 Å². The molecule has 1 N–H and O–H groups in total. The molecule has 0 spiro atoms. The molecule has 0 fully saturated rings. The summed E-state index contributed by atoms with van der Waals surface area (Å²) in [4.78, 5) is 3.66. The van der Waals surface area contributed by atoms with Gasteiger partial charge in [0.15, 0.2) is 5.60 Å². The van der Waals surface area contributed by atoms with Gasteiger partial charge in [-0.25, -0.2) is 4.68 Å². The molecular weight excluding hydrogens is 364 g/mol. The standard InChI is InChI=1S/C16H11F6N3O/c1-14(26,16(20,21)22)9-5-10(7-23-6-9)25-13-4-2-3-12(15(17,18)19)11(13)8-24-25/h2-8,26H,1H3/t14-/m1/s1. The maximum Gasteiger partial charge on any atom is 0.421 e. The van der Waals surface area contributed by atoms with Crippen LogP contribution in [0.25, 0.3) is 16.6 Å². The molecule has 0 bridgehead atoms. The van der Waals surface area contributed by atoms with Gasteiger partial charge in [0, 0.05) is 17.1 Å². The molecule has 0 aliphatic rings. The molecule has 3 aromatic rings. The summed E-state index contributed by atoms with van der Waals surface area (Å²) in [6.07, 6.45) is -6.60. The van der Waals surface area contributed by atoms with Gasteiger partial charge >= 0.3 is 12.4 Å². The van der Waals surface area contributed by atoms with Crippen molar-refractivity contribution in [2.24, 2.45) is 0 Å². The molecule has 4 nitrogen and oxygen atoms in total. The number of pyridine rings is 1. The van der Waals surface area contributed by atoms with Crippen LogP contribution < -0.4 is 0 Å². The first-order chi connectivity index (χ1) is 11.9. The highest BCUT2D eigenvalue weighted by atomic mass is 19.4. The van der Waals surface area contributed by atoms with Gasteiger partial charge in [0.25, 0.3) is 0 Å². The zero-order valence-electron chi connectivity index (χ0n) is 13.1. The third kappa shape index (κ3) is 2.90. The van der Waals surface area contributed by atoms with Gasteiger partial charge in [-0.1, -0.05) is 6.07 Å². The molecule has 0 saturated carbocycles. The van der Waals surface area contributed by atoms with E-state index in [1.165, 1.54) is 12.1 Å². The summed E-state index contributed by atoms with van der Waals surface area (Å²) in [5.74, 6) is 0. The van der Waals surface area contributed by atoms with Crippen molar-refractivity contribution in [2.45, 2.75) is 24.9 Å². The van der Waals surface area contributed by atoms with E-state index < -0.39 is 29.1 Å². The second-order valence-electron chi connectivity index (χ2n) is 5.79. The maximum atomic E-state index is 13.1. The van der Waals surface area contributed by atoms with E-state index in [-0.39, 0.29) is 16.6 Å². The largest absolute Gasteiger partial charge is 0.421 e. The second kappa shape index (κ2) is 5.70. The van der Waals surface area contributed by atoms with Gasteiger partial charge in [0.1, 0.15) is 0 Å². The van der Waals surface area contributed by atoms with Crippen molar-refractivity contribution >= 4 is 10.9 Å². The van der Waals surface area contributed by atoms with Crippen molar-refractivity contribution in [3.63, 3.8) is 0 Å². The highest BCUT2D eigenvalue weighted by Gasteiger charge is 2.51. The molecule has 10 heteroatoms. The van der Waals surface area contributed by atoms with Crippen LogP contribution in [0.3, 0.4) is 0 Å². The number of aromatic nitrogens is 3. The van der Waals surface area contributed by atoms with Crippen LogP contribution in [0.2, 0.25) is 0 Å². The number of halogens is 6. The number of hydrogen-bond acceptors (Lipinski definition) is 3. The number of nitrogens with zero attached hydrogens (tertiary/aromatic N) is 3. The van der Waals surface area contributed by atoms with Crippen LogP contribution in [-0.4, -0.2) is 26.0 Å². The fourth-order valence-corrected chi connectivity index (χ4v) is 2.48. The second-order valence-corrected chi connectivity index (χ2v) is 5.79. The number of aliphatic hydroxyl groups is 1. The minimum atomic E-state index is -4.96. The molecule has 0 aliphatic carbocycles. The predicted molar refractivity (Wildman–Crippen MR) is 79.5 cm³/mol. The van der Waals surface area contributed by atoms with Crippen molar-refractivity contribution in [3.05, 3.63) is 54.0 Å². The van der Waals surface area contributed by atoms with Crippen LogP contribution in [0.1, 0.15) is 18.1 Å². The minimum Gasteiger partial charge on any atom is -0.376 e. The Kier molecular flexibility index (Phi) is 3.98. The summed E-state index contributed by atoms with van der Waals surface area (Å²) in [6, 6.07) is 4.39. The Morgan fingerprint density at radius 2 is 1.69 bits per heavy atom. The van der Waals surface area contributed by atoms with Crippen molar-refractivity contribution in [3.8, 4) is 5.69 Å². The van der Waals surface area contributed by atoms with E-state index in [9.17, 15) is 31.4 Å². The van der Waals surface area contributed by atoms with Crippen LogP contribution in [0.15, 0.2) is 42.9 Å². The Hall–Kier alpha value is -2.62. The topological polar surface area (TPSA) is 50.9 Å². The van der Waals surface area contributed by atoms with Crippen molar-refractivity contribution in [1.82, 2.24) is 14.8 Å². The zero-order valence-corrected chi connectivity index (χ0v) is 13.1. The first-order valence-corrected chi connectivity index (χ1v) is 7.22. The van der Waals surface area contributed by atoms with E-state index in [0.717, 1.165) is 35.4 Å². The predicted octanol–water partition coefficient (Wildman–Crippen LogP) is 4.21. The lowest BCUT2D eigenvalue weighted by atomic mass is 9.97. The van der Waals surface area contributed by atoms with Crippen molar-refractivity contribution in [1.29, 1.82) is 0 Å². The summed E-state index contributed by atoms with van der Waals surface area (Å²) in [5.41, 5.74) is -4.60. The lowest BCUT2D eigenvalue weighted by Gasteiger charge is -2.26. The fourth-order valence-electron chi connectivity index (χ4n) is 2.48. The normalized spacial score (nSPS) is 15.2. The van der Waals surface area contributed by atoms with Gasteiger partial charge in [-0.05, 0) is 25.1 Å². The number of fused-ring (bicyclic) bond motifs is 1. The van der Waals surface area contributed by atoms with Gasteiger partial charge in [-0.2, -0.15) is 31.4 Å². The Bertz CT molecular complexity index is 959. The molecule has 0 amide bonds. The molecule has 1 atom stereocenters. The van der Waals surface area contributed by atoms with Crippen LogP contribution in [-0.2, 0) is 11.8 Å². The molecule has 26 heavy (non-hydrogen) atoms. The molecule has 0 unspecified atom stereocenters. The number of hydrogen-bond donors (Lipinski definition) is 1. The number of rotatable bonds is 2. The van der Waals surface area contributed by atoms with E-state index in [4.69, 9.17) is 0 Å². The number of alkyl halides is 6. The van der Waals surface area contributed by atoms with Crippen molar-refractivity contribution in [2.75, 3.05) is 0 Å². The molecule has 0 aliphatic heterocycles. The summed E-state index contributed by atoms with van der Waals surface area (Å²) in [7, 11) is 0. The van der Waals surface area contributed by atoms with E-state index in [1.807, 2.05) is 0 Å². The quantitative estimate of drug-likeness (QED) is 0.683. The Balaban J connectivity index is 2.16. The zero-order chi connectivity index (χ0) is 19.3. The van der Waals surface area contributed by atoms with Gasteiger partial charge in [-0.15, -0.1) is 0 Å². The molecule has 2 aromatic heterocycles. The van der Waals surface area contributed by atoms with Crippen LogP contribution in [0, 0.1) is 0 Å². The molecule has 138 valence electrons. The SMILES string of the molecule is C[C@@](O)(c1cncc(-n2ncc3c(C(F)(F)F)cccc32)c1)C(F)(F)F. The van der Waals surface area contributed by atoms with E-state index >= 15 is 0 Å². The lowest BCUT2D eigenvalue weighted by molar-refractivity contribution is -0.259. The van der Waals surface area contributed by atoms with Crippen LogP contribution in [0.4, 0.5) is 26.3 Å². The summed E-state index contributed by atoms with van der Waals surface area (Å²) < 4.78 is 79.3. The molecule has 1 aromatic carbocycles. The molecule has 0 saturated heterocycles. The summed E-state index contributed by atoms with van der Waals surface area (Å²) >= 11 is 0. The summed E-state index contributed by atoms with van der Waals surface area (Å²) in [5, 5.41) is 13.4. The van der Waals surface area contributed by atoms with E-state index in [2.05, 4.69) is 10.1 Å². The smallest absolute Gasteiger partial charge is 0.376 e.